The molecule has 2 heterocycles. The number of aryl methyl sites for hydroxylation is 1. The van der Waals surface area contributed by atoms with Gasteiger partial charge in [-0.2, -0.15) is 5.01 Å². The van der Waals surface area contributed by atoms with Crippen molar-refractivity contribution < 1.29 is 18.8 Å². The number of carbonyl (C=O) groups is 3. The van der Waals surface area contributed by atoms with Crippen LogP contribution in [0.1, 0.15) is 44.9 Å². The Hall–Kier alpha value is -2.58. The van der Waals surface area contributed by atoms with Gasteiger partial charge in [-0.1, -0.05) is 30.1 Å². The second-order valence-corrected chi connectivity index (χ2v) is 8.96. The van der Waals surface area contributed by atoms with E-state index in [0.717, 1.165) is 17.9 Å². The number of rotatable bonds is 5. The average molecular weight is 465 g/mol. The van der Waals surface area contributed by atoms with Crippen LogP contribution in [0, 0.1) is 5.92 Å². The number of nitrogens with one attached hydrogen (secondary N) is 2. The fourth-order valence-electron chi connectivity index (χ4n) is 3.96. The van der Waals surface area contributed by atoms with Gasteiger partial charge in [0.25, 0.3) is 5.91 Å². The summed E-state index contributed by atoms with van der Waals surface area (Å²) in [6, 6.07) is 4.42. The van der Waals surface area contributed by atoms with Gasteiger partial charge in [0, 0.05) is 23.4 Å². The first-order chi connectivity index (χ1) is 14.8. The van der Waals surface area contributed by atoms with Gasteiger partial charge in [-0.05, 0) is 49.8 Å². The summed E-state index contributed by atoms with van der Waals surface area (Å²) in [6.45, 7) is 2.13. The van der Waals surface area contributed by atoms with Gasteiger partial charge in [-0.25, -0.2) is 9.78 Å². The number of aromatic nitrogens is 1. The monoisotopic (exact) mass is 464 g/mol. The van der Waals surface area contributed by atoms with Crippen molar-refractivity contribution in [3.05, 3.63) is 40.3 Å². The second kappa shape index (κ2) is 8.51. The minimum absolute atomic E-state index is 0.00457. The molecule has 0 radical (unpaired) electrons. The molecule has 1 aliphatic heterocycles. The Morgan fingerprint density at radius 2 is 2.06 bits per heavy atom. The van der Waals surface area contributed by atoms with Gasteiger partial charge < -0.3 is 9.73 Å². The number of oxazole rings is 1. The zero-order valence-corrected chi connectivity index (χ0v) is 18.4. The summed E-state index contributed by atoms with van der Waals surface area (Å²) in [5.74, 6) is 0.445. The van der Waals surface area contributed by atoms with E-state index in [9.17, 15) is 14.4 Å². The minimum atomic E-state index is -0.897. The summed E-state index contributed by atoms with van der Waals surface area (Å²) >= 11 is 12.1. The molecule has 1 spiro atoms. The maximum absolute atomic E-state index is 12.8. The molecule has 2 aromatic rings. The summed E-state index contributed by atoms with van der Waals surface area (Å²) < 4.78 is 5.67. The van der Waals surface area contributed by atoms with Gasteiger partial charge in [0.15, 0.2) is 11.7 Å². The molecule has 8 nitrogen and oxygen atoms in total. The highest BCUT2D eigenvalue weighted by atomic mass is 35.5. The molecule has 2 N–H and O–H groups in total. The lowest BCUT2D eigenvalue weighted by Gasteiger charge is -2.33. The fraction of sp³-hybridized carbons (Fsp3) is 0.429. The third-order valence-corrected chi connectivity index (χ3v) is 6.39. The summed E-state index contributed by atoms with van der Waals surface area (Å²) in [5, 5.41) is 4.51. The van der Waals surface area contributed by atoms with Crippen LogP contribution in [0.3, 0.4) is 0 Å². The van der Waals surface area contributed by atoms with Gasteiger partial charge in [0.2, 0.25) is 5.91 Å². The normalized spacial score (nSPS) is 23.3. The van der Waals surface area contributed by atoms with Gasteiger partial charge in [0.05, 0.1) is 11.2 Å². The zero-order chi connectivity index (χ0) is 22.2. The number of hydrogen-bond donors (Lipinski definition) is 2. The highest BCUT2D eigenvalue weighted by Gasteiger charge is 2.52. The van der Waals surface area contributed by atoms with Crippen LogP contribution in [0.25, 0.3) is 11.3 Å². The van der Waals surface area contributed by atoms with Crippen LogP contribution >= 0.6 is 23.2 Å². The van der Waals surface area contributed by atoms with Gasteiger partial charge in [-0.3, -0.25) is 15.0 Å². The molecule has 2 fully saturated rings. The first-order valence-corrected chi connectivity index (χ1v) is 10.9. The maximum Gasteiger partial charge on any atom is 0.344 e. The van der Waals surface area contributed by atoms with Crippen molar-refractivity contribution in [3.8, 4) is 11.3 Å². The van der Waals surface area contributed by atoms with Crippen LogP contribution in [-0.4, -0.2) is 33.4 Å². The third kappa shape index (κ3) is 4.41. The van der Waals surface area contributed by atoms with Crippen LogP contribution in [0.5, 0.6) is 0 Å². The number of carbonyl (C=O) groups excluding carboxylic acids is 3. The average Bonchev–Trinajstić information content (AvgIpc) is 3.28. The van der Waals surface area contributed by atoms with Crippen LogP contribution < -0.4 is 10.7 Å². The summed E-state index contributed by atoms with van der Waals surface area (Å²) in [4.78, 5) is 41.6. The molecule has 2 aliphatic rings. The highest BCUT2D eigenvalue weighted by Crippen LogP contribution is 2.36. The predicted molar refractivity (Wildman–Crippen MR) is 114 cm³/mol. The standard InChI is InChI=1S/C21H22Cl2N4O4/c1-12-6-8-21(9-7-12)19(29)27(20(30)25-21)26-17(28)4-5-18-24-11-16(31-18)14-3-2-13(22)10-15(14)23/h2-3,10-12H,4-9H2,1H3,(H,25,30)(H,26,28). The number of imide groups is 1. The molecular formula is C21H22Cl2N4O4. The molecule has 1 saturated heterocycles. The summed E-state index contributed by atoms with van der Waals surface area (Å²) in [5.41, 5.74) is 2.16. The third-order valence-electron chi connectivity index (χ3n) is 5.84. The van der Waals surface area contributed by atoms with Gasteiger partial charge in [0.1, 0.15) is 5.54 Å². The SMILES string of the molecule is CC1CCC2(CC1)NC(=O)N(NC(=O)CCc1ncc(-c3ccc(Cl)cc3Cl)o1)C2=O. The fourth-order valence-corrected chi connectivity index (χ4v) is 4.46. The Morgan fingerprint density at radius 1 is 1.32 bits per heavy atom. The molecule has 4 rings (SSSR count). The van der Waals surface area contributed by atoms with E-state index in [0.29, 0.717) is 46.0 Å². The molecule has 1 aromatic heterocycles. The van der Waals surface area contributed by atoms with Crippen molar-refractivity contribution in [3.63, 3.8) is 0 Å². The van der Waals surface area contributed by atoms with Crippen LogP contribution in [-0.2, 0) is 16.0 Å². The first-order valence-electron chi connectivity index (χ1n) is 10.1. The van der Waals surface area contributed by atoms with Crippen LogP contribution in [0.2, 0.25) is 10.0 Å². The Labute approximate surface area is 189 Å². The van der Waals surface area contributed by atoms with E-state index in [1.54, 1.807) is 18.2 Å². The molecular weight excluding hydrogens is 443 g/mol. The molecule has 1 aromatic carbocycles. The molecule has 0 bridgehead atoms. The number of benzene rings is 1. The Kier molecular flexibility index (Phi) is 5.94. The second-order valence-electron chi connectivity index (χ2n) is 8.11. The zero-order valence-electron chi connectivity index (χ0n) is 16.9. The van der Waals surface area contributed by atoms with E-state index >= 15 is 0 Å². The Morgan fingerprint density at radius 3 is 2.77 bits per heavy atom. The van der Waals surface area contributed by atoms with Crippen molar-refractivity contribution >= 4 is 41.0 Å². The van der Waals surface area contributed by atoms with E-state index in [4.69, 9.17) is 27.6 Å². The molecule has 4 amide bonds. The maximum atomic E-state index is 12.8. The smallest absolute Gasteiger partial charge is 0.344 e. The number of hydrazine groups is 1. The Bertz CT molecular complexity index is 1030. The number of halogens is 2. The molecule has 0 unspecified atom stereocenters. The van der Waals surface area contributed by atoms with Crippen LogP contribution in [0.15, 0.2) is 28.8 Å². The summed E-state index contributed by atoms with van der Waals surface area (Å²) in [6.07, 6.45) is 4.59. The van der Waals surface area contributed by atoms with Crippen LogP contribution in [0.4, 0.5) is 4.79 Å². The Balaban J connectivity index is 1.34. The van der Waals surface area contributed by atoms with Crippen molar-refractivity contribution in [2.45, 2.75) is 51.0 Å². The van der Waals surface area contributed by atoms with Crippen molar-refractivity contribution in [1.82, 2.24) is 20.7 Å². The van der Waals surface area contributed by atoms with E-state index in [2.05, 4.69) is 22.7 Å². The van der Waals surface area contributed by atoms with Crippen molar-refractivity contribution in [2.24, 2.45) is 5.92 Å². The minimum Gasteiger partial charge on any atom is -0.441 e. The van der Waals surface area contributed by atoms with Gasteiger partial charge >= 0.3 is 6.03 Å². The van der Waals surface area contributed by atoms with E-state index in [1.807, 2.05) is 0 Å². The molecule has 0 atom stereocenters. The van der Waals surface area contributed by atoms with E-state index < -0.39 is 23.4 Å². The lowest BCUT2D eigenvalue weighted by atomic mass is 9.77. The largest absolute Gasteiger partial charge is 0.441 e. The molecule has 164 valence electrons. The van der Waals surface area contributed by atoms with Crippen molar-refractivity contribution in [2.75, 3.05) is 0 Å². The quantitative estimate of drug-likeness (QED) is 0.647. The molecule has 10 heteroatoms. The molecule has 1 saturated carbocycles. The lowest BCUT2D eigenvalue weighted by Crippen LogP contribution is -2.51. The number of hydrogen-bond acceptors (Lipinski definition) is 5. The summed E-state index contributed by atoms with van der Waals surface area (Å²) in [7, 11) is 0. The highest BCUT2D eigenvalue weighted by molar-refractivity contribution is 6.36. The van der Waals surface area contributed by atoms with Crippen molar-refractivity contribution in [1.29, 1.82) is 0 Å². The predicted octanol–water partition coefficient (Wildman–Crippen LogP) is 4.11. The topological polar surface area (TPSA) is 105 Å². The van der Waals surface area contributed by atoms with Gasteiger partial charge in [-0.15, -0.1) is 0 Å². The lowest BCUT2D eigenvalue weighted by molar-refractivity contribution is -0.140. The molecule has 31 heavy (non-hydrogen) atoms. The number of urea groups is 1. The van der Waals surface area contributed by atoms with E-state index in [-0.39, 0.29) is 12.8 Å². The molecule has 1 aliphatic carbocycles. The van der Waals surface area contributed by atoms with E-state index in [1.165, 1.54) is 6.20 Å². The number of amides is 4. The number of nitrogens with zero attached hydrogens (tertiary/aromatic N) is 2. The first kappa shape index (κ1) is 21.6.